The molecule has 35 heavy (non-hydrogen) atoms. The van der Waals surface area contributed by atoms with Gasteiger partial charge < -0.3 is 19.9 Å². The summed E-state index contributed by atoms with van der Waals surface area (Å²) in [6.07, 6.45) is 8.23. The zero-order valence-electron chi connectivity index (χ0n) is 19.9. The summed E-state index contributed by atoms with van der Waals surface area (Å²) in [4.78, 5) is 32.1. The number of aryl methyl sites for hydroxylation is 1. The molecule has 2 amide bonds. The Labute approximate surface area is 205 Å². The molecule has 0 saturated carbocycles. The van der Waals surface area contributed by atoms with Crippen LogP contribution in [0.3, 0.4) is 0 Å². The number of ether oxygens (including phenoxy) is 1. The Morgan fingerprint density at radius 3 is 2.83 bits per heavy atom. The van der Waals surface area contributed by atoms with Crippen LogP contribution >= 0.6 is 0 Å². The van der Waals surface area contributed by atoms with Crippen LogP contribution in [0.2, 0.25) is 0 Å². The number of carbonyl (C=O) groups is 2. The molecule has 0 radical (unpaired) electrons. The van der Waals surface area contributed by atoms with E-state index in [4.69, 9.17) is 4.74 Å². The lowest BCUT2D eigenvalue weighted by molar-refractivity contribution is -0.137. The standard InChI is InChI=1S/C29H31N3O3/c1-19(11-12-20-7-3-2-4-8-20)31-27(33)25-24-13-15-29(35-24)18-32(28(34)26(25)29)16-14-21-17-30-23-10-6-5-9-22(21)23/h2-10,13,15,17,19,24-26,30H,11-12,14,16,18H2,1H3,(H,31,33)/t19?,24?,25?,26?,29-/m0/s1. The average Bonchev–Trinajstić information content (AvgIpc) is 3.62. The number of aromatic nitrogens is 1. The smallest absolute Gasteiger partial charge is 0.230 e. The van der Waals surface area contributed by atoms with Crippen LogP contribution in [0.15, 0.2) is 72.9 Å². The third kappa shape index (κ3) is 3.86. The first-order chi connectivity index (χ1) is 17.0. The molecular weight excluding hydrogens is 438 g/mol. The lowest BCUT2D eigenvalue weighted by Gasteiger charge is -2.25. The van der Waals surface area contributed by atoms with E-state index in [2.05, 4.69) is 34.6 Å². The molecule has 1 aromatic heterocycles. The molecule has 6 nitrogen and oxygen atoms in total. The van der Waals surface area contributed by atoms with Gasteiger partial charge in [-0.05, 0) is 43.4 Å². The summed E-state index contributed by atoms with van der Waals surface area (Å²) in [6.45, 7) is 3.16. The summed E-state index contributed by atoms with van der Waals surface area (Å²) in [6, 6.07) is 18.5. The maximum atomic E-state index is 13.5. The van der Waals surface area contributed by atoms with Crippen LogP contribution in [-0.2, 0) is 27.2 Å². The van der Waals surface area contributed by atoms with Crippen molar-refractivity contribution in [2.45, 2.75) is 43.9 Å². The number of fused-ring (bicyclic) bond motifs is 2. The number of rotatable bonds is 8. The highest BCUT2D eigenvalue weighted by Crippen LogP contribution is 2.51. The Hall–Kier alpha value is -3.38. The number of nitrogens with zero attached hydrogens (tertiary/aromatic N) is 1. The second kappa shape index (κ2) is 8.68. The van der Waals surface area contributed by atoms with Gasteiger partial charge in [-0.25, -0.2) is 0 Å². The van der Waals surface area contributed by atoms with Gasteiger partial charge in [0.15, 0.2) is 0 Å². The maximum absolute atomic E-state index is 13.5. The van der Waals surface area contributed by atoms with Crippen molar-refractivity contribution in [1.82, 2.24) is 15.2 Å². The normalized spacial score (nSPS) is 27.5. The zero-order valence-corrected chi connectivity index (χ0v) is 19.9. The van der Waals surface area contributed by atoms with Gasteiger partial charge in [-0.2, -0.15) is 0 Å². The molecule has 6 heteroatoms. The van der Waals surface area contributed by atoms with Gasteiger partial charge in [0.1, 0.15) is 5.60 Å². The molecule has 3 aromatic rings. The van der Waals surface area contributed by atoms with Crippen molar-refractivity contribution >= 4 is 22.7 Å². The van der Waals surface area contributed by atoms with E-state index in [-0.39, 0.29) is 24.0 Å². The van der Waals surface area contributed by atoms with Gasteiger partial charge >= 0.3 is 0 Å². The van der Waals surface area contributed by atoms with Crippen molar-refractivity contribution in [2.24, 2.45) is 11.8 Å². The molecule has 0 aliphatic carbocycles. The molecule has 3 aliphatic heterocycles. The number of aromatic amines is 1. The van der Waals surface area contributed by atoms with E-state index in [1.165, 1.54) is 16.5 Å². The number of para-hydroxylation sites is 1. The summed E-state index contributed by atoms with van der Waals surface area (Å²) >= 11 is 0. The van der Waals surface area contributed by atoms with Crippen molar-refractivity contribution in [2.75, 3.05) is 13.1 Å². The molecule has 4 unspecified atom stereocenters. The molecule has 1 spiro atoms. The summed E-state index contributed by atoms with van der Waals surface area (Å²) < 4.78 is 6.30. The molecule has 180 valence electrons. The zero-order chi connectivity index (χ0) is 24.0. The molecule has 2 bridgehead atoms. The number of hydrogen-bond donors (Lipinski definition) is 2. The Kier molecular flexibility index (Phi) is 5.49. The molecule has 2 fully saturated rings. The summed E-state index contributed by atoms with van der Waals surface area (Å²) in [5, 5.41) is 4.36. The van der Waals surface area contributed by atoms with E-state index < -0.39 is 17.4 Å². The predicted octanol–water partition coefficient (Wildman–Crippen LogP) is 3.63. The highest BCUT2D eigenvalue weighted by atomic mass is 16.5. The van der Waals surface area contributed by atoms with E-state index in [1.54, 1.807) is 0 Å². The highest BCUT2D eigenvalue weighted by Gasteiger charge is 2.66. The fourth-order valence-corrected chi connectivity index (χ4v) is 6.10. The van der Waals surface area contributed by atoms with Gasteiger partial charge in [-0.1, -0.05) is 60.7 Å². The molecule has 5 atom stereocenters. The number of benzene rings is 2. The van der Waals surface area contributed by atoms with E-state index in [1.807, 2.05) is 60.5 Å². The Balaban J connectivity index is 1.11. The molecular formula is C29H31N3O3. The van der Waals surface area contributed by atoms with Crippen molar-refractivity contribution < 1.29 is 14.3 Å². The van der Waals surface area contributed by atoms with E-state index in [0.717, 1.165) is 24.8 Å². The number of nitrogens with one attached hydrogen (secondary N) is 2. The average molecular weight is 470 g/mol. The van der Waals surface area contributed by atoms with Gasteiger partial charge in [0.2, 0.25) is 11.8 Å². The van der Waals surface area contributed by atoms with Gasteiger partial charge in [-0.3, -0.25) is 9.59 Å². The summed E-state index contributed by atoms with van der Waals surface area (Å²) in [5.41, 5.74) is 2.89. The molecule has 3 aliphatic rings. The van der Waals surface area contributed by atoms with Crippen LogP contribution in [0.5, 0.6) is 0 Å². The number of hydrogen-bond acceptors (Lipinski definition) is 3. The molecule has 2 saturated heterocycles. The fraction of sp³-hybridized carbons (Fsp3) is 0.379. The molecule has 2 N–H and O–H groups in total. The van der Waals surface area contributed by atoms with Crippen molar-refractivity contribution in [1.29, 1.82) is 0 Å². The lowest BCUT2D eigenvalue weighted by Crippen LogP contribution is -2.46. The number of amides is 2. The monoisotopic (exact) mass is 469 g/mol. The van der Waals surface area contributed by atoms with Gasteiger partial charge in [0.05, 0.1) is 24.5 Å². The van der Waals surface area contributed by atoms with Gasteiger partial charge in [0, 0.05) is 29.7 Å². The number of carbonyl (C=O) groups excluding carboxylic acids is 2. The third-order valence-corrected chi connectivity index (χ3v) is 7.90. The predicted molar refractivity (Wildman–Crippen MR) is 135 cm³/mol. The minimum Gasteiger partial charge on any atom is -0.361 e. The second-order valence-electron chi connectivity index (χ2n) is 10.2. The van der Waals surface area contributed by atoms with Crippen LogP contribution in [0.4, 0.5) is 0 Å². The topological polar surface area (TPSA) is 74.4 Å². The van der Waals surface area contributed by atoms with Crippen molar-refractivity contribution in [3.8, 4) is 0 Å². The minimum atomic E-state index is -0.669. The quantitative estimate of drug-likeness (QED) is 0.495. The van der Waals surface area contributed by atoms with Crippen LogP contribution in [-0.4, -0.2) is 52.5 Å². The molecule has 6 rings (SSSR count). The highest BCUT2D eigenvalue weighted by molar-refractivity contribution is 5.93. The van der Waals surface area contributed by atoms with Crippen LogP contribution < -0.4 is 5.32 Å². The summed E-state index contributed by atoms with van der Waals surface area (Å²) in [7, 11) is 0. The van der Waals surface area contributed by atoms with Crippen LogP contribution in [0, 0.1) is 11.8 Å². The van der Waals surface area contributed by atoms with E-state index >= 15 is 0 Å². The lowest BCUT2D eigenvalue weighted by atomic mass is 9.76. The van der Waals surface area contributed by atoms with Crippen molar-refractivity contribution in [3.05, 3.63) is 84.1 Å². The Bertz CT molecular complexity index is 1280. The Morgan fingerprint density at radius 2 is 1.97 bits per heavy atom. The minimum absolute atomic E-state index is 0.0243. The largest absolute Gasteiger partial charge is 0.361 e. The first-order valence-corrected chi connectivity index (χ1v) is 12.6. The van der Waals surface area contributed by atoms with E-state index in [9.17, 15) is 9.59 Å². The third-order valence-electron chi connectivity index (χ3n) is 7.90. The van der Waals surface area contributed by atoms with Crippen LogP contribution in [0.1, 0.15) is 24.5 Å². The SMILES string of the molecule is CC(CCc1ccccc1)NC(=O)C1C2C=C[C@@]3(CN(CCc4c[nH]c5ccccc45)C(=O)C13)O2. The Morgan fingerprint density at radius 1 is 1.17 bits per heavy atom. The van der Waals surface area contributed by atoms with Crippen LogP contribution in [0.25, 0.3) is 10.9 Å². The number of H-pyrrole nitrogens is 1. The number of likely N-dealkylation sites (tertiary alicyclic amines) is 1. The van der Waals surface area contributed by atoms with Gasteiger partial charge in [-0.15, -0.1) is 0 Å². The second-order valence-corrected chi connectivity index (χ2v) is 10.2. The van der Waals surface area contributed by atoms with Gasteiger partial charge in [0.25, 0.3) is 0 Å². The maximum Gasteiger partial charge on any atom is 0.230 e. The first kappa shape index (κ1) is 22.1. The first-order valence-electron chi connectivity index (χ1n) is 12.6. The summed E-state index contributed by atoms with van der Waals surface area (Å²) in [5.74, 6) is -0.945. The molecule has 2 aromatic carbocycles. The molecule has 4 heterocycles. The van der Waals surface area contributed by atoms with E-state index in [0.29, 0.717) is 13.1 Å². The fourth-order valence-electron chi connectivity index (χ4n) is 6.10. The van der Waals surface area contributed by atoms with Crippen molar-refractivity contribution in [3.63, 3.8) is 0 Å².